The zero-order chi connectivity index (χ0) is 13.2. The van der Waals surface area contributed by atoms with Gasteiger partial charge in [0.1, 0.15) is 5.82 Å². The Bertz CT molecular complexity index is 354. The number of rotatable bonds is 8. The Labute approximate surface area is 107 Å². The molecule has 2 N–H and O–H groups in total. The number of unbranched alkanes of at least 4 members (excludes halogenated alkanes) is 1. The number of anilines is 1. The lowest BCUT2D eigenvalue weighted by atomic mass is 10.3. The normalized spacial score (nSPS) is 10.1. The summed E-state index contributed by atoms with van der Waals surface area (Å²) in [5.74, 6) is 0.483. The van der Waals surface area contributed by atoms with Crippen LogP contribution in [0.2, 0.25) is 0 Å². The first kappa shape index (κ1) is 14.4. The van der Waals surface area contributed by atoms with Gasteiger partial charge in [-0.3, -0.25) is 4.79 Å². The minimum Gasteiger partial charge on any atom is -0.385 e. The molecular weight excluding hydrogens is 232 g/mol. The number of amides is 1. The van der Waals surface area contributed by atoms with Gasteiger partial charge in [0, 0.05) is 26.8 Å². The van der Waals surface area contributed by atoms with Gasteiger partial charge in [0.25, 0.3) is 5.91 Å². The molecular formula is C12H20N4O2. The van der Waals surface area contributed by atoms with Crippen molar-refractivity contribution in [1.29, 1.82) is 0 Å². The van der Waals surface area contributed by atoms with E-state index in [0.717, 1.165) is 19.4 Å². The Hall–Kier alpha value is -1.69. The van der Waals surface area contributed by atoms with Crippen molar-refractivity contribution in [3.8, 4) is 0 Å². The molecule has 0 saturated heterocycles. The summed E-state index contributed by atoms with van der Waals surface area (Å²) in [5.41, 5.74) is 0.336. The van der Waals surface area contributed by atoms with Crippen LogP contribution in [0, 0.1) is 0 Å². The van der Waals surface area contributed by atoms with Crippen LogP contribution in [0.15, 0.2) is 12.1 Å². The van der Waals surface area contributed by atoms with Crippen molar-refractivity contribution in [3.05, 3.63) is 17.8 Å². The summed E-state index contributed by atoms with van der Waals surface area (Å²) in [5, 5.41) is 13.6. The zero-order valence-corrected chi connectivity index (χ0v) is 10.9. The maximum atomic E-state index is 11.7. The lowest BCUT2D eigenvalue weighted by Crippen LogP contribution is -2.25. The molecule has 0 unspecified atom stereocenters. The number of carbonyl (C=O) groups is 1. The van der Waals surface area contributed by atoms with Crippen LogP contribution in [0.25, 0.3) is 0 Å². The topological polar surface area (TPSA) is 76.1 Å². The smallest absolute Gasteiger partial charge is 0.271 e. The maximum Gasteiger partial charge on any atom is 0.271 e. The van der Waals surface area contributed by atoms with E-state index in [1.54, 1.807) is 19.2 Å². The van der Waals surface area contributed by atoms with Crippen LogP contribution in [0.4, 0.5) is 5.82 Å². The van der Waals surface area contributed by atoms with E-state index in [0.29, 0.717) is 24.7 Å². The van der Waals surface area contributed by atoms with Gasteiger partial charge >= 0.3 is 0 Å². The lowest BCUT2D eigenvalue weighted by Gasteiger charge is -2.05. The quantitative estimate of drug-likeness (QED) is 0.677. The van der Waals surface area contributed by atoms with Gasteiger partial charge in [-0.2, -0.15) is 0 Å². The first-order valence-corrected chi connectivity index (χ1v) is 6.12. The van der Waals surface area contributed by atoms with Crippen molar-refractivity contribution < 1.29 is 9.53 Å². The van der Waals surface area contributed by atoms with Crippen molar-refractivity contribution in [2.24, 2.45) is 0 Å². The van der Waals surface area contributed by atoms with Crippen molar-refractivity contribution >= 4 is 11.7 Å². The van der Waals surface area contributed by atoms with Gasteiger partial charge < -0.3 is 15.4 Å². The zero-order valence-electron chi connectivity index (χ0n) is 10.9. The van der Waals surface area contributed by atoms with Gasteiger partial charge in [-0.1, -0.05) is 0 Å². The van der Waals surface area contributed by atoms with E-state index < -0.39 is 0 Å². The van der Waals surface area contributed by atoms with E-state index in [4.69, 9.17) is 4.74 Å². The van der Waals surface area contributed by atoms with Crippen molar-refractivity contribution in [3.63, 3.8) is 0 Å². The second-order valence-electron chi connectivity index (χ2n) is 3.79. The molecule has 1 amide bonds. The monoisotopic (exact) mass is 252 g/mol. The number of methoxy groups -OCH3 is 1. The highest BCUT2D eigenvalue weighted by Gasteiger charge is 2.06. The first-order chi connectivity index (χ1) is 8.77. The van der Waals surface area contributed by atoms with Gasteiger partial charge in [0.2, 0.25) is 0 Å². The molecule has 0 radical (unpaired) electrons. The molecule has 100 valence electrons. The van der Waals surface area contributed by atoms with Gasteiger partial charge in [-0.05, 0) is 31.9 Å². The Balaban J connectivity index is 2.32. The number of hydrogen-bond donors (Lipinski definition) is 2. The molecule has 6 nitrogen and oxygen atoms in total. The van der Waals surface area contributed by atoms with Crippen LogP contribution in [-0.4, -0.2) is 42.9 Å². The Kier molecular flexibility index (Phi) is 6.71. The minimum absolute atomic E-state index is 0.192. The summed E-state index contributed by atoms with van der Waals surface area (Å²) in [4.78, 5) is 11.7. The lowest BCUT2D eigenvalue weighted by molar-refractivity contribution is 0.0945. The average molecular weight is 252 g/mol. The van der Waals surface area contributed by atoms with Crippen LogP contribution in [0.1, 0.15) is 30.3 Å². The minimum atomic E-state index is -0.192. The summed E-state index contributed by atoms with van der Waals surface area (Å²) in [7, 11) is 1.67. The number of aromatic nitrogens is 2. The fourth-order valence-corrected chi connectivity index (χ4v) is 1.39. The third kappa shape index (κ3) is 5.09. The van der Waals surface area contributed by atoms with Crippen LogP contribution in [0.3, 0.4) is 0 Å². The highest BCUT2D eigenvalue weighted by Crippen LogP contribution is 2.01. The second kappa shape index (κ2) is 8.41. The molecule has 0 fully saturated rings. The molecule has 0 saturated carbocycles. The van der Waals surface area contributed by atoms with Crippen LogP contribution in [-0.2, 0) is 4.74 Å². The van der Waals surface area contributed by atoms with Gasteiger partial charge in [0.15, 0.2) is 5.69 Å². The molecule has 0 bridgehead atoms. The molecule has 1 rings (SSSR count). The van der Waals surface area contributed by atoms with Gasteiger partial charge in [0.05, 0.1) is 0 Å². The molecule has 1 aromatic heterocycles. The highest BCUT2D eigenvalue weighted by molar-refractivity contribution is 5.92. The molecule has 18 heavy (non-hydrogen) atoms. The maximum absolute atomic E-state index is 11.7. The van der Waals surface area contributed by atoms with E-state index in [-0.39, 0.29) is 5.91 Å². The molecule has 6 heteroatoms. The molecule has 0 aliphatic heterocycles. The molecule has 0 aliphatic carbocycles. The summed E-state index contributed by atoms with van der Waals surface area (Å²) in [6.45, 7) is 4.09. The summed E-state index contributed by atoms with van der Waals surface area (Å²) in [6, 6.07) is 3.41. The Morgan fingerprint density at radius 2 is 2.17 bits per heavy atom. The first-order valence-electron chi connectivity index (χ1n) is 6.12. The number of nitrogens with one attached hydrogen (secondary N) is 2. The molecule has 1 aromatic rings. The SMILES string of the molecule is CCNc1ccc(C(=O)NCCCCOC)nn1. The predicted molar refractivity (Wildman–Crippen MR) is 69.6 cm³/mol. The van der Waals surface area contributed by atoms with E-state index in [1.807, 2.05) is 6.92 Å². The van der Waals surface area contributed by atoms with Crippen LogP contribution < -0.4 is 10.6 Å². The number of hydrogen-bond acceptors (Lipinski definition) is 5. The standard InChI is InChI=1S/C12H20N4O2/c1-3-13-11-7-6-10(15-16-11)12(17)14-8-4-5-9-18-2/h6-7H,3-5,8-9H2,1-2H3,(H,13,16)(H,14,17). The number of nitrogens with zero attached hydrogens (tertiary/aromatic N) is 2. The fourth-order valence-electron chi connectivity index (χ4n) is 1.39. The van der Waals surface area contributed by atoms with E-state index in [1.165, 1.54) is 0 Å². The summed E-state index contributed by atoms with van der Waals surface area (Å²) in [6.07, 6.45) is 1.82. The largest absolute Gasteiger partial charge is 0.385 e. The number of carbonyl (C=O) groups excluding carboxylic acids is 1. The number of ether oxygens (including phenoxy) is 1. The fraction of sp³-hybridized carbons (Fsp3) is 0.583. The molecule has 0 spiro atoms. The molecule has 0 aromatic carbocycles. The Morgan fingerprint density at radius 1 is 1.33 bits per heavy atom. The molecule has 0 aliphatic rings. The van der Waals surface area contributed by atoms with Crippen molar-refractivity contribution in [1.82, 2.24) is 15.5 Å². The van der Waals surface area contributed by atoms with Crippen LogP contribution >= 0.6 is 0 Å². The van der Waals surface area contributed by atoms with E-state index >= 15 is 0 Å². The van der Waals surface area contributed by atoms with E-state index in [9.17, 15) is 4.79 Å². The molecule has 0 atom stereocenters. The van der Waals surface area contributed by atoms with Crippen molar-refractivity contribution in [2.45, 2.75) is 19.8 Å². The predicted octanol–water partition coefficient (Wildman–Crippen LogP) is 1.06. The summed E-state index contributed by atoms with van der Waals surface area (Å²) < 4.78 is 4.93. The van der Waals surface area contributed by atoms with Crippen molar-refractivity contribution in [2.75, 3.05) is 32.1 Å². The average Bonchev–Trinajstić information content (AvgIpc) is 2.39. The third-order valence-electron chi connectivity index (χ3n) is 2.32. The third-order valence-corrected chi connectivity index (χ3v) is 2.32. The van der Waals surface area contributed by atoms with Gasteiger partial charge in [-0.25, -0.2) is 0 Å². The van der Waals surface area contributed by atoms with Crippen LogP contribution in [0.5, 0.6) is 0 Å². The highest BCUT2D eigenvalue weighted by atomic mass is 16.5. The molecule has 1 heterocycles. The van der Waals surface area contributed by atoms with E-state index in [2.05, 4.69) is 20.8 Å². The summed E-state index contributed by atoms with van der Waals surface area (Å²) >= 11 is 0. The van der Waals surface area contributed by atoms with Gasteiger partial charge in [-0.15, -0.1) is 10.2 Å². The Morgan fingerprint density at radius 3 is 2.78 bits per heavy atom. The second-order valence-corrected chi connectivity index (χ2v) is 3.79.